The minimum absolute atomic E-state index is 0.431. The van der Waals surface area contributed by atoms with E-state index in [1.54, 1.807) is 0 Å². The van der Waals surface area contributed by atoms with E-state index >= 15 is 0 Å². The van der Waals surface area contributed by atoms with Crippen molar-refractivity contribution < 1.29 is 9.90 Å². The first-order valence-corrected chi connectivity index (χ1v) is 6.49. The predicted molar refractivity (Wildman–Crippen MR) is 73.2 cm³/mol. The summed E-state index contributed by atoms with van der Waals surface area (Å²) in [6, 6.07) is 7.70. The molecule has 0 fully saturated rings. The van der Waals surface area contributed by atoms with Gasteiger partial charge in [-0.15, -0.1) is 0 Å². The van der Waals surface area contributed by atoms with Crippen LogP contribution >= 0.6 is 27.5 Å². The predicted octanol–water partition coefficient (Wildman–Crippen LogP) is 4.23. The van der Waals surface area contributed by atoms with Crippen molar-refractivity contribution in [1.82, 2.24) is 0 Å². The monoisotopic (exact) mass is 316 g/mol. The van der Waals surface area contributed by atoms with Crippen LogP contribution in [0.2, 0.25) is 0 Å². The Morgan fingerprint density at radius 3 is 2.82 bits per heavy atom. The Labute approximate surface area is 114 Å². The van der Waals surface area contributed by atoms with Crippen LogP contribution in [0.25, 0.3) is 0 Å². The second-order valence-electron chi connectivity index (χ2n) is 4.03. The number of hydrogen-bond acceptors (Lipinski definition) is 1. The Hall–Kier alpha value is -0.800. The highest BCUT2D eigenvalue weighted by atomic mass is 79.9. The van der Waals surface area contributed by atoms with Crippen LogP contribution < -0.4 is 0 Å². The second-order valence-corrected chi connectivity index (χ2v) is 5.16. The fraction of sp³-hybridized carbons (Fsp3) is 0.308. The fourth-order valence-electron chi connectivity index (χ4n) is 1.63. The van der Waals surface area contributed by atoms with Gasteiger partial charge in [0.05, 0.1) is 5.92 Å². The van der Waals surface area contributed by atoms with E-state index in [0.717, 1.165) is 15.6 Å². The molecule has 0 aliphatic rings. The fourth-order valence-corrected chi connectivity index (χ4v) is 2.16. The Morgan fingerprint density at radius 2 is 2.29 bits per heavy atom. The van der Waals surface area contributed by atoms with Crippen LogP contribution in [0.3, 0.4) is 0 Å². The number of aliphatic carboxylic acids is 1. The summed E-state index contributed by atoms with van der Waals surface area (Å²) in [6.07, 6.45) is 0.988. The van der Waals surface area contributed by atoms with Gasteiger partial charge in [-0.1, -0.05) is 45.2 Å². The molecule has 0 spiro atoms. The minimum atomic E-state index is -0.789. The first-order valence-electron chi connectivity index (χ1n) is 5.26. The average Bonchev–Trinajstić information content (AvgIpc) is 2.27. The van der Waals surface area contributed by atoms with Crippen molar-refractivity contribution in [3.05, 3.63) is 45.4 Å². The highest BCUT2D eigenvalue weighted by Gasteiger charge is 2.18. The molecule has 4 heteroatoms. The summed E-state index contributed by atoms with van der Waals surface area (Å²) in [7, 11) is 0. The summed E-state index contributed by atoms with van der Waals surface area (Å²) < 4.78 is 0.962. The first-order chi connectivity index (χ1) is 8.02. The summed E-state index contributed by atoms with van der Waals surface area (Å²) in [5.41, 5.74) is 3.33. The molecule has 1 N–H and O–H groups in total. The number of carbonyl (C=O) groups is 1. The van der Waals surface area contributed by atoms with Crippen molar-refractivity contribution in [3.63, 3.8) is 0 Å². The maximum absolute atomic E-state index is 11.2. The Balaban J connectivity index is 2.77. The van der Waals surface area contributed by atoms with Crippen molar-refractivity contribution in [2.45, 2.75) is 19.8 Å². The van der Waals surface area contributed by atoms with E-state index in [2.05, 4.69) is 15.9 Å². The van der Waals surface area contributed by atoms with Crippen molar-refractivity contribution in [2.75, 3.05) is 0 Å². The second kappa shape index (κ2) is 6.82. The molecule has 1 atom stereocenters. The zero-order valence-corrected chi connectivity index (χ0v) is 11.8. The third-order valence-electron chi connectivity index (χ3n) is 2.48. The van der Waals surface area contributed by atoms with E-state index in [1.165, 1.54) is 5.54 Å². The van der Waals surface area contributed by atoms with Crippen molar-refractivity contribution >= 4 is 33.5 Å². The summed E-state index contributed by atoms with van der Waals surface area (Å²) >= 11 is 8.94. The molecular formula is C13H14BrClO2. The number of carboxylic acids is 1. The molecule has 0 heterocycles. The van der Waals surface area contributed by atoms with Crippen LogP contribution in [0.5, 0.6) is 0 Å². The van der Waals surface area contributed by atoms with Crippen LogP contribution in [-0.2, 0) is 11.2 Å². The lowest BCUT2D eigenvalue weighted by atomic mass is 9.93. The standard InChI is InChI=1S/C13H14BrClO2/c1-9(8-15)5-11(13(16)17)6-10-3-2-4-12(14)7-10/h2-4,7-8,11H,5-6H2,1H3,(H,16,17)/b9-8-. The van der Waals surface area contributed by atoms with Gasteiger partial charge >= 0.3 is 5.97 Å². The average molecular weight is 318 g/mol. The lowest BCUT2D eigenvalue weighted by Crippen LogP contribution is -2.16. The van der Waals surface area contributed by atoms with Crippen LogP contribution in [0.1, 0.15) is 18.9 Å². The molecule has 17 heavy (non-hydrogen) atoms. The van der Waals surface area contributed by atoms with Crippen molar-refractivity contribution in [2.24, 2.45) is 5.92 Å². The number of halogens is 2. The van der Waals surface area contributed by atoms with E-state index in [9.17, 15) is 4.79 Å². The van der Waals surface area contributed by atoms with Gasteiger partial charge in [0.25, 0.3) is 0 Å². The Kier molecular flexibility index (Phi) is 5.72. The van der Waals surface area contributed by atoms with Crippen molar-refractivity contribution in [3.8, 4) is 0 Å². The highest BCUT2D eigenvalue weighted by molar-refractivity contribution is 9.10. The molecular weight excluding hydrogens is 303 g/mol. The van der Waals surface area contributed by atoms with Crippen LogP contribution in [0.15, 0.2) is 39.8 Å². The molecule has 92 valence electrons. The van der Waals surface area contributed by atoms with Crippen LogP contribution in [0, 0.1) is 5.92 Å². The van der Waals surface area contributed by atoms with Gasteiger partial charge in [-0.3, -0.25) is 4.79 Å². The van der Waals surface area contributed by atoms with E-state index in [4.69, 9.17) is 16.7 Å². The summed E-state index contributed by atoms with van der Waals surface area (Å²) in [5, 5.41) is 9.17. The van der Waals surface area contributed by atoms with E-state index in [1.807, 2.05) is 31.2 Å². The Bertz CT molecular complexity index is 429. The molecule has 1 rings (SSSR count). The van der Waals surface area contributed by atoms with Crippen LogP contribution in [-0.4, -0.2) is 11.1 Å². The number of benzene rings is 1. The molecule has 1 unspecified atom stereocenters. The van der Waals surface area contributed by atoms with E-state index in [-0.39, 0.29) is 0 Å². The van der Waals surface area contributed by atoms with E-state index in [0.29, 0.717) is 12.8 Å². The molecule has 0 saturated heterocycles. The zero-order valence-electron chi connectivity index (χ0n) is 9.49. The SMILES string of the molecule is C/C(=C/Cl)CC(Cc1cccc(Br)c1)C(=O)O. The minimum Gasteiger partial charge on any atom is -0.481 e. The lowest BCUT2D eigenvalue weighted by Gasteiger charge is -2.12. The third kappa shape index (κ3) is 4.92. The van der Waals surface area contributed by atoms with Gasteiger partial charge in [0.15, 0.2) is 0 Å². The van der Waals surface area contributed by atoms with Gasteiger partial charge in [0.1, 0.15) is 0 Å². The van der Waals surface area contributed by atoms with Gasteiger partial charge in [-0.05, 0) is 37.5 Å². The third-order valence-corrected chi connectivity index (χ3v) is 3.34. The van der Waals surface area contributed by atoms with Gasteiger partial charge in [0.2, 0.25) is 0 Å². The largest absolute Gasteiger partial charge is 0.481 e. The molecule has 0 aliphatic heterocycles. The number of allylic oxidation sites excluding steroid dienone is 1. The summed E-state index contributed by atoms with van der Waals surface area (Å²) in [6.45, 7) is 1.84. The molecule has 1 aromatic carbocycles. The quantitative estimate of drug-likeness (QED) is 0.882. The molecule has 0 aromatic heterocycles. The zero-order chi connectivity index (χ0) is 12.8. The maximum atomic E-state index is 11.2. The number of carboxylic acid groups (broad SMARTS) is 1. The van der Waals surface area contributed by atoms with Crippen LogP contribution in [0.4, 0.5) is 0 Å². The highest BCUT2D eigenvalue weighted by Crippen LogP contribution is 2.20. The number of rotatable bonds is 5. The smallest absolute Gasteiger partial charge is 0.307 e. The normalized spacial score (nSPS) is 13.5. The number of hydrogen-bond donors (Lipinski definition) is 1. The molecule has 0 bridgehead atoms. The Morgan fingerprint density at radius 1 is 1.59 bits per heavy atom. The summed E-state index contributed by atoms with van der Waals surface area (Å²) in [5.74, 6) is -1.22. The van der Waals surface area contributed by atoms with Gasteiger partial charge < -0.3 is 5.11 Å². The van der Waals surface area contributed by atoms with Crippen molar-refractivity contribution in [1.29, 1.82) is 0 Å². The molecule has 2 nitrogen and oxygen atoms in total. The molecule has 0 aliphatic carbocycles. The maximum Gasteiger partial charge on any atom is 0.307 e. The molecule has 0 radical (unpaired) electrons. The lowest BCUT2D eigenvalue weighted by molar-refractivity contribution is -0.141. The van der Waals surface area contributed by atoms with E-state index < -0.39 is 11.9 Å². The van der Waals surface area contributed by atoms with Gasteiger partial charge in [-0.25, -0.2) is 0 Å². The molecule has 1 aromatic rings. The van der Waals surface area contributed by atoms with Gasteiger partial charge in [0, 0.05) is 10.0 Å². The topological polar surface area (TPSA) is 37.3 Å². The van der Waals surface area contributed by atoms with Gasteiger partial charge in [-0.2, -0.15) is 0 Å². The molecule has 0 amide bonds. The summed E-state index contributed by atoms with van der Waals surface area (Å²) in [4.78, 5) is 11.2. The first kappa shape index (κ1) is 14.3. The molecule has 0 saturated carbocycles.